The highest BCUT2D eigenvalue weighted by molar-refractivity contribution is 5.93. The molecule has 1 amide bonds. The fourth-order valence-electron chi connectivity index (χ4n) is 2.69. The summed E-state index contributed by atoms with van der Waals surface area (Å²) in [4.78, 5) is 12.2. The minimum absolute atomic E-state index is 0.128. The fourth-order valence-corrected chi connectivity index (χ4v) is 2.69. The third-order valence-electron chi connectivity index (χ3n) is 4.16. The predicted octanol–water partition coefficient (Wildman–Crippen LogP) is 4.37. The standard InChI is InChI=1S/C23H24N2O3/c1-27-21-12-10-19(11-13-21)24-17-23(26)25-20-8-5-9-22(16-20)28-15-14-18-6-3-2-4-7-18/h2-13,16,24H,14-15,17H2,1H3,(H,25,26). The molecule has 0 radical (unpaired) electrons. The number of carbonyl (C=O) groups is 1. The van der Waals surface area contributed by atoms with Crippen molar-refractivity contribution in [2.45, 2.75) is 6.42 Å². The molecule has 3 aromatic rings. The van der Waals surface area contributed by atoms with Gasteiger partial charge in [0.1, 0.15) is 11.5 Å². The molecule has 2 N–H and O–H groups in total. The van der Waals surface area contributed by atoms with E-state index in [4.69, 9.17) is 9.47 Å². The van der Waals surface area contributed by atoms with Crippen LogP contribution in [0.15, 0.2) is 78.9 Å². The van der Waals surface area contributed by atoms with Gasteiger partial charge >= 0.3 is 0 Å². The first kappa shape index (κ1) is 19.3. The van der Waals surface area contributed by atoms with Gasteiger partial charge in [-0.05, 0) is 42.0 Å². The van der Waals surface area contributed by atoms with E-state index >= 15 is 0 Å². The number of ether oxygens (including phenoxy) is 2. The Labute approximate surface area is 165 Å². The number of methoxy groups -OCH3 is 1. The molecular formula is C23H24N2O3. The first-order valence-electron chi connectivity index (χ1n) is 9.17. The zero-order valence-corrected chi connectivity index (χ0v) is 15.9. The molecule has 144 valence electrons. The predicted molar refractivity (Wildman–Crippen MR) is 112 cm³/mol. The van der Waals surface area contributed by atoms with Gasteiger partial charge in [0.2, 0.25) is 5.91 Å². The van der Waals surface area contributed by atoms with Gasteiger partial charge in [-0.15, -0.1) is 0 Å². The number of amides is 1. The van der Waals surface area contributed by atoms with Gasteiger partial charge in [0.15, 0.2) is 0 Å². The summed E-state index contributed by atoms with van der Waals surface area (Å²) in [6, 6.07) is 25.0. The van der Waals surface area contributed by atoms with Crippen molar-refractivity contribution in [2.75, 3.05) is 30.9 Å². The van der Waals surface area contributed by atoms with Gasteiger partial charge in [0.05, 0.1) is 20.3 Å². The zero-order chi connectivity index (χ0) is 19.6. The van der Waals surface area contributed by atoms with Crippen molar-refractivity contribution in [3.8, 4) is 11.5 Å². The van der Waals surface area contributed by atoms with Crippen molar-refractivity contribution in [3.05, 3.63) is 84.4 Å². The molecule has 5 nitrogen and oxygen atoms in total. The van der Waals surface area contributed by atoms with E-state index in [2.05, 4.69) is 22.8 Å². The van der Waals surface area contributed by atoms with Crippen LogP contribution in [0.25, 0.3) is 0 Å². The van der Waals surface area contributed by atoms with Crippen LogP contribution in [0.1, 0.15) is 5.56 Å². The summed E-state index contributed by atoms with van der Waals surface area (Å²) in [5.41, 5.74) is 2.80. The van der Waals surface area contributed by atoms with Crippen LogP contribution >= 0.6 is 0 Å². The Hall–Kier alpha value is -3.47. The van der Waals surface area contributed by atoms with Crippen LogP contribution in [0, 0.1) is 0 Å². The van der Waals surface area contributed by atoms with Gasteiger partial charge < -0.3 is 20.1 Å². The van der Waals surface area contributed by atoms with Crippen molar-refractivity contribution in [3.63, 3.8) is 0 Å². The molecule has 0 spiro atoms. The third-order valence-corrected chi connectivity index (χ3v) is 4.16. The largest absolute Gasteiger partial charge is 0.497 e. The summed E-state index contributed by atoms with van der Waals surface area (Å²) in [6.07, 6.45) is 0.837. The molecule has 3 aromatic carbocycles. The van der Waals surface area contributed by atoms with Gasteiger partial charge in [-0.3, -0.25) is 4.79 Å². The Bertz CT molecular complexity index is 880. The van der Waals surface area contributed by atoms with E-state index in [9.17, 15) is 4.79 Å². The van der Waals surface area contributed by atoms with Crippen molar-refractivity contribution < 1.29 is 14.3 Å². The Balaban J connectivity index is 1.45. The first-order chi connectivity index (χ1) is 13.7. The normalized spacial score (nSPS) is 10.2. The molecular weight excluding hydrogens is 352 g/mol. The lowest BCUT2D eigenvalue weighted by Crippen LogP contribution is -2.21. The van der Waals surface area contributed by atoms with Crippen LogP contribution in [0.4, 0.5) is 11.4 Å². The SMILES string of the molecule is COc1ccc(NCC(=O)Nc2cccc(OCCc3ccccc3)c2)cc1. The number of hydrogen-bond acceptors (Lipinski definition) is 4. The molecule has 3 rings (SSSR count). The van der Waals surface area contributed by atoms with Crippen LogP contribution in [-0.4, -0.2) is 26.2 Å². The summed E-state index contributed by atoms with van der Waals surface area (Å²) in [7, 11) is 1.62. The molecule has 0 aliphatic carbocycles. The smallest absolute Gasteiger partial charge is 0.243 e. The van der Waals surface area contributed by atoms with Gasteiger partial charge in [-0.25, -0.2) is 0 Å². The average molecular weight is 376 g/mol. The molecule has 0 fully saturated rings. The summed E-state index contributed by atoms with van der Waals surface area (Å²) >= 11 is 0. The van der Waals surface area contributed by atoms with Gasteiger partial charge in [-0.2, -0.15) is 0 Å². The monoisotopic (exact) mass is 376 g/mol. The maximum atomic E-state index is 12.2. The quantitative estimate of drug-likeness (QED) is 0.582. The second-order valence-electron chi connectivity index (χ2n) is 6.24. The van der Waals surface area contributed by atoms with E-state index in [1.54, 1.807) is 7.11 Å². The minimum atomic E-state index is -0.128. The van der Waals surface area contributed by atoms with E-state index < -0.39 is 0 Å². The number of benzene rings is 3. The van der Waals surface area contributed by atoms with E-state index in [0.717, 1.165) is 23.6 Å². The molecule has 0 atom stereocenters. The van der Waals surface area contributed by atoms with Crippen LogP contribution in [0.3, 0.4) is 0 Å². The summed E-state index contributed by atoms with van der Waals surface area (Å²) < 4.78 is 10.9. The number of nitrogens with one attached hydrogen (secondary N) is 2. The molecule has 0 heterocycles. The van der Waals surface area contributed by atoms with Crippen LogP contribution < -0.4 is 20.1 Å². The molecule has 0 aromatic heterocycles. The highest BCUT2D eigenvalue weighted by Crippen LogP contribution is 2.18. The second kappa shape index (κ2) is 10.0. The topological polar surface area (TPSA) is 59.6 Å². The Morgan fingerprint density at radius 1 is 0.857 bits per heavy atom. The third kappa shape index (κ3) is 6.06. The lowest BCUT2D eigenvalue weighted by atomic mass is 10.2. The van der Waals surface area contributed by atoms with Crippen molar-refractivity contribution in [1.82, 2.24) is 0 Å². The van der Waals surface area contributed by atoms with Gasteiger partial charge in [0, 0.05) is 23.9 Å². The molecule has 0 bridgehead atoms. The van der Waals surface area contributed by atoms with Crippen LogP contribution in [0.2, 0.25) is 0 Å². The summed E-state index contributed by atoms with van der Waals surface area (Å²) in [5, 5.41) is 5.96. The molecule has 5 heteroatoms. The first-order valence-corrected chi connectivity index (χ1v) is 9.17. The molecule has 0 saturated heterocycles. The number of rotatable bonds is 9. The average Bonchev–Trinajstić information content (AvgIpc) is 2.74. The maximum Gasteiger partial charge on any atom is 0.243 e. The van der Waals surface area contributed by atoms with Gasteiger partial charge in [0.25, 0.3) is 0 Å². The summed E-state index contributed by atoms with van der Waals surface area (Å²) in [5.74, 6) is 1.38. The van der Waals surface area contributed by atoms with Crippen molar-refractivity contribution in [1.29, 1.82) is 0 Å². The fraction of sp³-hybridized carbons (Fsp3) is 0.174. The Morgan fingerprint density at radius 2 is 1.64 bits per heavy atom. The Kier molecular flexibility index (Phi) is 6.90. The minimum Gasteiger partial charge on any atom is -0.497 e. The van der Waals surface area contributed by atoms with E-state index in [0.29, 0.717) is 12.3 Å². The number of hydrogen-bond donors (Lipinski definition) is 2. The molecule has 0 unspecified atom stereocenters. The highest BCUT2D eigenvalue weighted by Gasteiger charge is 2.04. The number of anilines is 2. The summed E-state index contributed by atoms with van der Waals surface area (Å²) in [6.45, 7) is 0.756. The lowest BCUT2D eigenvalue weighted by Gasteiger charge is -2.10. The van der Waals surface area contributed by atoms with E-state index in [1.165, 1.54) is 5.56 Å². The maximum absolute atomic E-state index is 12.2. The lowest BCUT2D eigenvalue weighted by molar-refractivity contribution is -0.114. The zero-order valence-electron chi connectivity index (χ0n) is 15.9. The second-order valence-corrected chi connectivity index (χ2v) is 6.24. The van der Waals surface area contributed by atoms with Gasteiger partial charge in [-0.1, -0.05) is 36.4 Å². The van der Waals surface area contributed by atoms with Crippen LogP contribution in [0.5, 0.6) is 11.5 Å². The van der Waals surface area contributed by atoms with Crippen LogP contribution in [-0.2, 0) is 11.2 Å². The molecule has 28 heavy (non-hydrogen) atoms. The Morgan fingerprint density at radius 3 is 2.39 bits per heavy atom. The van der Waals surface area contributed by atoms with E-state index in [-0.39, 0.29) is 12.5 Å². The van der Waals surface area contributed by atoms with E-state index in [1.807, 2.05) is 66.7 Å². The molecule has 0 aliphatic rings. The van der Waals surface area contributed by atoms with Crippen molar-refractivity contribution in [2.24, 2.45) is 0 Å². The molecule has 0 aliphatic heterocycles. The van der Waals surface area contributed by atoms with Crippen molar-refractivity contribution >= 4 is 17.3 Å². The molecule has 0 saturated carbocycles. The number of carbonyl (C=O) groups excluding carboxylic acids is 1. The highest BCUT2D eigenvalue weighted by atomic mass is 16.5.